The maximum Gasteiger partial charge on any atom is 0.249 e. The Morgan fingerprint density at radius 1 is 1.38 bits per heavy atom. The third-order valence-corrected chi connectivity index (χ3v) is 2.70. The van der Waals surface area contributed by atoms with Crippen molar-refractivity contribution < 1.29 is 4.79 Å². The zero-order valence-electron chi connectivity index (χ0n) is 9.45. The molecule has 2 rings (SSSR count). The van der Waals surface area contributed by atoms with Gasteiger partial charge in [-0.1, -0.05) is 0 Å². The second kappa shape index (κ2) is 4.52. The van der Waals surface area contributed by atoms with Gasteiger partial charge in [-0.3, -0.25) is 10.1 Å². The average Bonchev–Trinajstić information content (AvgIpc) is 2.77. The smallest absolute Gasteiger partial charge is 0.249 e. The van der Waals surface area contributed by atoms with E-state index >= 15 is 0 Å². The van der Waals surface area contributed by atoms with Crippen molar-refractivity contribution >= 4 is 11.9 Å². The Balaban J connectivity index is 2.02. The molecule has 0 bridgehead atoms. The van der Waals surface area contributed by atoms with Crippen LogP contribution in [0.5, 0.6) is 0 Å². The van der Waals surface area contributed by atoms with Crippen LogP contribution in [0, 0.1) is 13.8 Å². The molecule has 0 saturated carbocycles. The number of hydrogen-bond acceptors (Lipinski definition) is 5. The van der Waals surface area contributed by atoms with Crippen LogP contribution >= 0.6 is 0 Å². The number of amides is 1. The van der Waals surface area contributed by atoms with Gasteiger partial charge in [0.15, 0.2) is 0 Å². The summed E-state index contributed by atoms with van der Waals surface area (Å²) in [4.78, 5) is 15.9. The Bertz CT molecular complexity index is 400. The standard InChI is InChI=1S/C10H15N5O/c1-6-7(2)14-15-10(12-6)13-9(16)8-4-3-5-11-8/h8,11H,3-5H2,1-2H3,(H,12,13,15,16)/t8-/m1/s1. The molecule has 1 fully saturated rings. The van der Waals surface area contributed by atoms with Crippen LogP contribution in [0.2, 0.25) is 0 Å². The van der Waals surface area contributed by atoms with Gasteiger partial charge in [-0.25, -0.2) is 4.98 Å². The van der Waals surface area contributed by atoms with Gasteiger partial charge >= 0.3 is 0 Å². The molecule has 0 aromatic carbocycles. The van der Waals surface area contributed by atoms with Gasteiger partial charge in [0.1, 0.15) is 0 Å². The third kappa shape index (κ3) is 2.33. The lowest BCUT2D eigenvalue weighted by Crippen LogP contribution is -2.36. The lowest BCUT2D eigenvalue weighted by molar-refractivity contribution is -0.117. The Hall–Kier alpha value is -1.56. The molecular formula is C10H15N5O. The molecule has 6 nitrogen and oxygen atoms in total. The maximum absolute atomic E-state index is 11.7. The summed E-state index contributed by atoms with van der Waals surface area (Å²) in [5.74, 6) is 0.198. The van der Waals surface area contributed by atoms with Gasteiger partial charge in [-0.05, 0) is 33.2 Å². The van der Waals surface area contributed by atoms with E-state index < -0.39 is 0 Å². The van der Waals surface area contributed by atoms with Crippen molar-refractivity contribution in [2.45, 2.75) is 32.7 Å². The van der Waals surface area contributed by atoms with Crippen LogP contribution in [0.25, 0.3) is 0 Å². The molecule has 0 aliphatic carbocycles. The first-order chi connectivity index (χ1) is 7.66. The Kier molecular flexibility index (Phi) is 3.09. The number of hydrogen-bond donors (Lipinski definition) is 2. The van der Waals surface area contributed by atoms with E-state index in [0.29, 0.717) is 0 Å². The predicted molar refractivity (Wildman–Crippen MR) is 59.0 cm³/mol. The Morgan fingerprint density at radius 3 is 2.81 bits per heavy atom. The van der Waals surface area contributed by atoms with Crippen LogP contribution in [-0.4, -0.2) is 33.7 Å². The highest BCUT2D eigenvalue weighted by atomic mass is 16.2. The van der Waals surface area contributed by atoms with Gasteiger partial charge in [0.05, 0.1) is 17.4 Å². The summed E-state index contributed by atoms with van der Waals surface area (Å²) in [6.45, 7) is 4.57. The van der Waals surface area contributed by atoms with Gasteiger partial charge in [-0.15, -0.1) is 5.10 Å². The Morgan fingerprint density at radius 2 is 2.19 bits per heavy atom. The SMILES string of the molecule is Cc1nnc(NC(=O)[C@H]2CCCN2)nc1C. The van der Waals surface area contributed by atoms with E-state index in [4.69, 9.17) is 0 Å². The summed E-state index contributed by atoms with van der Waals surface area (Å²) in [5.41, 5.74) is 1.56. The highest BCUT2D eigenvalue weighted by molar-refractivity contribution is 5.93. The fourth-order valence-electron chi connectivity index (χ4n) is 1.62. The molecule has 1 aliphatic heterocycles. The normalized spacial score (nSPS) is 19.8. The molecule has 86 valence electrons. The summed E-state index contributed by atoms with van der Waals surface area (Å²) in [7, 11) is 0. The molecule has 0 spiro atoms. The molecule has 0 unspecified atom stereocenters. The van der Waals surface area contributed by atoms with Crippen molar-refractivity contribution in [3.8, 4) is 0 Å². The zero-order valence-corrected chi connectivity index (χ0v) is 9.45. The fourth-order valence-corrected chi connectivity index (χ4v) is 1.62. The number of carbonyl (C=O) groups is 1. The van der Waals surface area contributed by atoms with E-state index in [1.807, 2.05) is 13.8 Å². The molecule has 1 aromatic heterocycles. The lowest BCUT2D eigenvalue weighted by Gasteiger charge is -2.09. The van der Waals surface area contributed by atoms with Crippen LogP contribution in [0.4, 0.5) is 5.95 Å². The van der Waals surface area contributed by atoms with Crippen molar-refractivity contribution in [3.05, 3.63) is 11.4 Å². The van der Waals surface area contributed by atoms with Gasteiger partial charge in [0.25, 0.3) is 0 Å². The van der Waals surface area contributed by atoms with Crippen LogP contribution < -0.4 is 10.6 Å². The summed E-state index contributed by atoms with van der Waals surface area (Å²) < 4.78 is 0. The van der Waals surface area contributed by atoms with Crippen LogP contribution in [-0.2, 0) is 4.79 Å². The molecule has 2 N–H and O–H groups in total. The van der Waals surface area contributed by atoms with Crippen molar-refractivity contribution in [1.29, 1.82) is 0 Å². The fraction of sp³-hybridized carbons (Fsp3) is 0.600. The first-order valence-electron chi connectivity index (χ1n) is 5.39. The van der Waals surface area contributed by atoms with Crippen LogP contribution in [0.3, 0.4) is 0 Å². The quantitative estimate of drug-likeness (QED) is 0.744. The van der Waals surface area contributed by atoms with E-state index in [0.717, 1.165) is 30.8 Å². The van der Waals surface area contributed by atoms with E-state index in [-0.39, 0.29) is 17.9 Å². The molecule has 1 atom stereocenters. The minimum Gasteiger partial charge on any atom is -0.306 e. The second-order valence-corrected chi connectivity index (χ2v) is 3.94. The summed E-state index contributed by atoms with van der Waals surface area (Å²) in [6, 6.07) is -0.120. The van der Waals surface area contributed by atoms with Crippen LogP contribution in [0.1, 0.15) is 24.2 Å². The molecule has 16 heavy (non-hydrogen) atoms. The topological polar surface area (TPSA) is 79.8 Å². The molecule has 2 heterocycles. The van der Waals surface area contributed by atoms with Crippen molar-refractivity contribution in [1.82, 2.24) is 20.5 Å². The molecule has 1 aromatic rings. The van der Waals surface area contributed by atoms with Crippen molar-refractivity contribution in [3.63, 3.8) is 0 Å². The zero-order chi connectivity index (χ0) is 11.5. The number of nitrogens with zero attached hydrogens (tertiary/aromatic N) is 3. The lowest BCUT2D eigenvalue weighted by atomic mass is 10.2. The monoisotopic (exact) mass is 221 g/mol. The Labute approximate surface area is 93.9 Å². The maximum atomic E-state index is 11.7. The molecular weight excluding hydrogens is 206 g/mol. The predicted octanol–water partition coefficient (Wildman–Crippen LogP) is 0.179. The minimum absolute atomic E-state index is 0.0810. The molecule has 1 saturated heterocycles. The third-order valence-electron chi connectivity index (χ3n) is 2.70. The highest BCUT2D eigenvalue weighted by Gasteiger charge is 2.22. The summed E-state index contributed by atoms with van der Waals surface area (Å²) in [5, 5.41) is 13.5. The van der Waals surface area contributed by atoms with Gasteiger partial charge in [-0.2, -0.15) is 5.10 Å². The number of rotatable bonds is 2. The molecule has 0 radical (unpaired) electrons. The van der Waals surface area contributed by atoms with Gasteiger partial charge in [0.2, 0.25) is 11.9 Å². The van der Waals surface area contributed by atoms with E-state index in [1.165, 1.54) is 0 Å². The minimum atomic E-state index is -0.120. The second-order valence-electron chi connectivity index (χ2n) is 3.94. The first kappa shape index (κ1) is 10.9. The van der Waals surface area contributed by atoms with Gasteiger partial charge < -0.3 is 5.32 Å². The average molecular weight is 221 g/mol. The van der Waals surface area contributed by atoms with Crippen molar-refractivity contribution in [2.75, 3.05) is 11.9 Å². The first-order valence-corrected chi connectivity index (χ1v) is 5.39. The summed E-state index contributed by atoms with van der Waals surface area (Å²) >= 11 is 0. The number of aryl methyl sites for hydroxylation is 2. The number of carbonyl (C=O) groups excluding carboxylic acids is 1. The van der Waals surface area contributed by atoms with Gasteiger partial charge in [0, 0.05) is 0 Å². The molecule has 6 heteroatoms. The van der Waals surface area contributed by atoms with Crippen molar-refractivity contribution in [2.24, 2.45) is 0 Å². The van der Waals surface area contributed by atoms with E-state index in [1.54, 1.807) is 0 Å². The summed E-state index contributed by atoms with van der Waals surface area (Å²) in [6.07, 6.45) is 1.90. The number of nitrogens with one attached hydrogen (secondary N) is 2. The number of anilines is 1. The molecule has 1 aliphatic rings. The van der Waals surface area contributed by atoms with E-state index in [2.05, 4.69) is 25.8 Å². The van der Waals surface area contributed by atoms with E-state index in [9.17, 15) is 4.79 Å². The molecule has 1 amide bonds. The highest BCUT2D eigenvalue weighted by Crippen LogP contribution is 2.08. The number of aromatic nitrogens is 3. The van der Waals surface area contributed by atoms with Crippen LogP contribution in [0.15, 0.2) is 0 Å². The largest absolute Gasteiger partial charge is 0.306 e.